The summed E-state index contributed by atoms with van der Waals surface area (Å²) >= 11 is 0. The molecule has 2 atom stereocenters. The summed E-state index contributed by atoms with van der Waals surface area (Å²) in [6.07, 6.45) is -1.11. The number of aryl methyl sites for hydroxylation is 1. The van der Waals surface area contributed by atoms with Crippen molar-refractivity contribution in [2.75, 3.05) is 19.6 Å². The quantitative estimate of drug-likeness (QED) is 0.565. The second kappa shape index (κ2) is 9.99. The Labute approximate surface area is 191 Å². The topological polar surface area (TPSA) is 149 Å². The fourth-order valence-electron chi connectivity index (χ4n) is 4.16. The molecule has 1 aromatic heterocycles. The van der Waals surface area contributed by atoms with E-state index in [1.54, 1.807) is 6.07 Å². The van der Waals surface area contributed by atoms with Gasteiger partial charge in [-0.05, 0) is 30.9 Å². The number of aliphatic carboxylic acids is 1. The van der Waals surface area contributed by atoms with Crippen molar-refractivity contribution >= 4 is 18.0 Å². The van der Waals surface area contributed by atoms with Crippen LogP contribution in [0.3, 0.4) is 0 Å². The van der Waals surface area contributed by atoms with E-state index >= 15 is 0 Å². The fraction of sp³-hybridized carbons (Fsp3) is 0.500. The minimum Gasteiger partial charge on any atom is -0.481 e. The Hall–Kier alpha value is -3.47. The number of benzene rings is 1. The van der Waals surface area contributed by atoms with E-state index in [1.807, 2.05) is 39.0 Å². The van der Waals surface area contributed by atoms with Gasteiger partial charge < -0.3 is 25.1 Å². The number of aromatic nitrogens is 3. The maximum atomic E-state index is 13.6. The summed E-state index contributed by atoms with van der Waals surface area (Å²) in [4.78, 5) is 39.4. The number of hydrogen-bond acceptors (Lipinski definition) is 6. The molecular formula is C22H29N5O6. The van der Waals surface area contributed by atoms with Crippen LogP contribution in [-0.4, -0.2) is 83.8 Å². The maximum Gasteiger partial charge on any atom is 0.407 e. The second-order valence-corrected chi connectivity index (χ2v) is 8.70. The Morgan fingerprint density at radius 3 is 2.45 bits per heavy atom. The van der Waals surface area contributed by atoms with Crippen LogP contribution in [0.15, 0.2) is 24.3 Å². The highest BCUT2D eigenvalue weighted by Gasteiger charge is 2.39. The van der Waals surface area contributed by atoms with Gasteiger partial charge in [-0.3, -0.25) is 9.59 Å². The van der Waals surface area contributed by atoms with E-state index in [0.717, 1.165) is 10.5 Å². The Morgan fingerprint density at radius 2 is 1.88 bits per heavy atom. The molecule has 0 spiro atoms. The van der Waals surface area contributed by atoms with Gasteiger partial charge in [-0.25, -0.2) is 9.48 Å². The predicted octanol–water partition coefficient (Wildman–Crippen LogP) is 1.62. The van der Waals surface area contributed by atoms with E-state index in [9.17, 15) is 29.7 Å². The minimum absolute atomic E-state index is 0.00202. The Bertz CT molecular complexity index is 1010. The first kappa shape index (κ1) is 24.2. The lowest BCUT2D eigenvalue weighted by Crippen LogP contribution is -2.56. The predicted molar refractivity (Wildman–Crippen MR) is 117 cm³/mol. The molecule has 1 aromatic carbocycles. The van der Waals surface area contributed by atoms with Crippen molar-refractivity contribution in [3.63, 3.8) is 0 Å². The Kier molecular flexibility index (Phi) is 7.32. The SMILES string of the molecule is Cc1ccccc1-n1nnc(C(=O)N(CC(C)C)[C@H]2C[C@@H](C(=O)O)CN(C(=O)O)C2)c1CO. The van der Waals surface area contributed by atoms with Gasteiger partial charge in [0.1, 0.15) is 5.69 Å². The summed E-state index contributed by atoms with van der Waals surface area (Å²) in [7, 11) is 0. The molecule has 0 aliphatic carbocycles. The second-order valence-electron chi connectivity index (χ2n) is 8.70. The molecule has 0 unspecified atom stereocenters. The van der Waals surface area contributed by atoms with Gasteiger partial charge >= 0.3 is 12.1 Å². The summed E-state index contributed by atoms with van der Waals surface area (Å²) < 4.78 is 1.42. The number of amides is 2. The highest BCUT2D eigenvalue weighted by atomic mass is 16.4. The standard InChI is InChI=1S/C22H29N5O6/c1-13(2)9-26(16-8-15(21(30)31)10-25(11-16)22(32)33)20(29)19-18(12-28)27(24-23-19)17-7-5-4-6-14(17)3/h4-7,13,15-16,28H,8-12H2,1-3H3,(H,30,31)(H,32,33)/t15-,16+/m1/s1. The first-order chi connectivity index (χ1) is 15.6. The first-order valence-electron chi connectivity index (χ1n) is 10.8. The van der Waals surface area contributed by atoms with Gasteiger partial charge in [-0.1, -0.05) is 37.3 Å². The van der Waals surface area contributed by atoms with Crippen LogP contribution in [0, 0.1) is 18.8 Å². The van der Waals surface area contributed by atoms with Gasteiger partial charge in [-0.2, -0.15) is 0 Å². The van der Waals surface area contributed by atoms with Crippen molar-refractivity contribution in [2.45, 2.75) is 39.8 Å². The van der Waals surface area contributed by atoms with Crippen LogP contribution in [0.2, 0.25) is 0 Å². The number of carbonyl (C=O) groups excluding carboxylic acids is 1. The number of carboxylic acid groups (broad SMARTS) is 2. The monoisotopic (exact) mass is 459 g/mol. The summed E-state index contributed by atoms with van der Waals surface area (Å²) in [5.74, 6) is -2.53. The minimum atomic E-state index is -1.23. The van der Waals surface area contributed by atoms with Crippen molar-refractivity contribution in [3.8, 4) is 5.69 Å². The van der Waals surface area contributed by atoms with Crippen molar-refractivity contribution in [1.82, 2.24) is 24.8 Å². The van der Waals surface area contributed by atoms with Crippen LogP contribution >= 0.6 is 0 Å². The largest absolute Gasteiger partial charge is 0.481 e. The molecule has 1 fully saturated rings. The molecule has 0 bridgehead atoms. The normalized spacial score (nSPS) is 18.4. The molecule has 2 amide bonds. The summed E-state index contributed by atoms with van der Waals surface area (Å²) in [5.41, 5.74) is 1.72. The molecule has 2 heterocycles. The van der Waals surface area contributed by atoms with Gasteiger partial charge in [0, 0.05) is 19.6 Å². The van der Waals surface area contributed by atoms with Crippen LogP contribution in [0.1, 0.15) is 42.0 Å². The van der Waals surface area contributed by atoms with Crippen molar-refractivity contribution in [1.29, 1.82) is 0 Å². The van der Waals surface area contributed by atoms with E-state index < -0.39 is 36.5 Å². The number of carboxylic acids is 1. The lowest BCUT2D eigenvalue weighted by atomic mass is 9.92. The van der Waals surface area contributed by atoms with E-state index in [-0.39, 0.29) is 43.4 Å². The first-order valence-corrected chi connectivity index (χ1v) is 10.8. The fourth-order valence-corrected chi connectivity index (χ4v) is 4.16. The van der Waals surface area contributed by atoms with Crippen LogP contribution < -0.4 is 0 Å². The number of carbonyl (C=O) groups is 3. The van der Waals surface area contributed by atoms with Gasteiger partial charge in [0.05, 0.1) is 24.3 Å². The number of hydrogen-bond donors (Lipinski definition) is 3. The molecular weight excluding hydrogens is 430 g/mol. The van der Waals surface area contributed by atoms with Crippen molar-refractivity contribution in [2.24, 2.45) is 11.8 Å². The van der Waals surface area contributed by atoms with Crippen LogP contribution in [0.5, 0.6) is 0 Å². The van der Waals surface area contributed by atoms with E-state index in [1.165, 1.54) is 9.58 Å². The van der Waals surface area contributed by atoms with Crippen LogP contribution in [-0.2, 0) is 11.4 Å². The molecule has 0 saturated carbocycles. The average Bonchev–Trinajstić information content (AvgIpc) is 3.20. The highest BCUT2D eigenvalue weighted by Crippen LogP contribution is 2.25. The number of nitrogens with zero attached hydrogens (tertiary/aromatic N) is 5. The Morgan fingerprint density at radius 1 is 1.18 bits per heavy atom. The van der Waals surface area contributed by atoms with E-state index in [2.05, 4.69) is 10.3 Å². The van der Waals surface area contributed by atoms with Gasteiger partial charge in [-0.15, -0.1) is 5.10 Å². The lowest BCUT2D eigenvalue weighted by Gasteiger charge is -2.41. The number of likely N-dealkylation sites (tertiary alicyclic amines) is 1. The average molecular weight is 460 g/mol. The van der Waals surface area contributed by atoms with Crippen molar-refractivity contribution < 1.29 is 29.7 Å². The summed E-state index contributed by atoms with van der Waals surface area (Å²) in [6.45, 7) is 5.34. The van der Waals surface area contributed by atoms with E-state index in [4.69, 9.17) is 0 Å². The lowest BCUT2D eigenvalue weighted by molar-refractivity contribution is -0.144. The third-order valence-corrected chi connectivity index (χ3v) is 5.77. The zero-order chi connectivity index (χ0) is 24.3. The summed E-state index contributed by atoms with van der Waals surface area (Å²) in [6, 6.07) is 6.69. The number of rotatable bonds is 7. The Balaban J connectivity index is 2.00. The van der Waals surface area contributed by atoms with Crippen molar-refractivity contribution in [3.05, 3.63) is 41.2 Å². The number of aliphatic hydroxyl groups is 1. The van der Waals surface area contributed by atoms with Gasteiger partial charge in [0.2, 0.25) is 0 Å². The molecule has 3 N–H and O–H groups in total. The molecule has 0 radical (unpaired) electrons. The smallest absolute Gasteiger partial charge is 0.407 e. The van der Waals surface area contributed by atoms with Gasteiger partial charge in [0.25, 0.3) is 5.91 Å². The summed E-state index contributed by atoms with van der Waals surface area (Å²) in [5, 5.41) is 37.2. The zero-order valence-electron chi connectivity index (χ0n) is 18.9. The zero-order valence-corrected chi connectivity index (χ0v) is 18.9. The molecule has 2 aromatic rings. The van der Waals surface area contributed by atoms with Gasteiger partial charge in [0.15, 0.2) is 5.69 Å². The maximum absolute atomic E-state index is 13.6. The number of piperidine rings is 1. The highest BCUT2D eigenvalue weighted by molar-refractivity contribution is 5.93. The molecule has 1 aliphatic rings. The molecule has 33 heavy (non-hydrogen) atoms. The number of para-hydroxylation sites is 1. The van der Waals surface area contributed by atoms with Crippen LogP contribution in [0.25, 0.3) is 5.69 Å². The molecule has 11 heteroatoms. The molecule has 178 valence electrons. The third-order valence-electron chi connectivity index (χ3n) is 5.77. The van der Waals surface area contributed by atoms with Crippen LogP contribution in [0.4, 0.5) is 4.79 Å². The molecule has 3 rings (SSSR count). The van der Waals surface area contributed by atoms with E-state index in [0.29, 0.717) is 5.69 Å². The third kappa shape index (κ3) is 5.14. The number of aliphatic hydroxyl groups excluding tert-OH is 1. The molecule has 11 nitrogen and oxygen atoms in total. The molecule has 1 saturated heterocycles. The molecule has 1 aliphatic heterocycles.